The van der Waals surface area contributed by atoms with E-state index in [1.807, 2.05) is 19.1 Å². The summed E-state index contributed by atoms with van der Waals surface area (Å²) < 4.78 is 0. The number of amides is 1. The standard InChI is InChI=1S/C13H17N3O3/c1-2-9-7-10(11(8-9)13(18)19)12(17)16(5-3-14)6-4-15/h9-11H,2,5-8H2,1H3,(H,18,19)/t9?,10-,11+/m0/s1. The number of carbonyl (C=O) groups excluding carboxylic acids is 1. The molecule has 0 spiro atoms. The Bertz CT molecular complexity index is 419. The molecule has 0 saturated heterocycles. The Hall–Kier alpha value is -2.08. The average Bonchev–Trinajstić information content (AvgIpc) is 2.82. The van der Waals surface area contributed by atoms with E-state index in [1.54, 1.807) is 0 Å². The van der Waals surface area contributed by atoms with E-state index >= 15 is 0 Å². The maximum atomic E-state index is 12.3. The van der Waals surface area contributed by atoms with E-state index in [2.05, 4.69) is 0 Å². The molecule has 0 radical (unpaired) electrons. The highest BCUT2D eigenvalue weighted by Crippen LogP contribution is 2.39. The molecule has 6 nitrogen and oxygen atoms in total. The molecule has 1 amide bonds. The summed E-state index contributed by atoms with van der Waals surface area (Å²) in [6, 6.07) is 3.67. The third kappa shape index (κ3) is 3.45. The lowest BCUT2D eigenvalue weighted by atomic mass is 9.94. The second kappa shape index (κ2) is 6.75. The van der Waals surface area contributed by atoms with Crippen LogP contribution in [-0.2, 0) is 9.59 Å². The first-order valence-electron chi connectivity index (χ1n) is 6.30. The van der Waals surface area contributed by atoms with Crippen LogP contribution in [0.5, 0.6) is 0 Å². The summed E-state index contributed by atoms with van der Waals surface area (Å²) in [6.45, 7) is 1.62. The first-order valence-corrected chi connectivity index (χ1v) is 6.30. The molecule has 19 heavy (non-hydrogen) atoms. The molecule has 0 aliphatic heterocycles. The normalized spacial score (nSPS) is 25.3. The van der Waals surface area contributed by atoms with Crippen LogP contribution >= 0.6 is 0 Å². The van der Waals surface area contributed by atoms with Crippen LogP contribution in [0, 0.1) is 40.4 Å². The lowest BCUT2D eigenvalue weighted by molar-refractivity contribution is -0.148. The van der Waals surface area contributed by atoms with Gasteiger partial charge in [-0.25, -0.2) is 0 Å². The van der Waals surface area contributed by atoms with Crippen LogP contribution in [0.15, 0.2) is 0 Å². The van der Waals surface area contributed by atoms with Crippen LogP contribution < -0.4 is 0 Å². The van der Waals surface area contributed by atoms with E-state index in [1.165, 1.54) is 0 Å². The van der Waals surface area contributed by atoms with Crippen LogP contribution in [0.3, 0.4) is 0 Å². The van der Waals surface area contributed by atoms with Crippen LogP contribution in [0.2, 0.25) is 0 Å². The zero-order chi connectivity index (χ0) is 14.4. The van der Waals surface area contributed by atoms with E-state index in [-0.39, 0.29) is 24.9 Å². The maximum Gasteiger partial charge on any atom is 0.307 e. The van der Waals surface area contributed by atoms with Gasteiger partial charge in [-0.05, 0) is 18.8 Å². The Balaban J connectivity index is 2.86. The fourth-order valence-corrected chi connectivity index (χ4v) is 2.64. The Labute approximate surface area is 112 Å². The molecule has 0 aromatic carbocycles. The maximum absolute atomic E-state index is 12.3. The van der Waals surface area contributed by atoms with Crippen molar-refractivity contribution in [1.29, 1.82) is 10.5 Å². The molecule has 1 unspecified atom stereocenters. The number of carboxylic acid groups (broad SMARTS) is 1. The molecule has 1 fully saturated rings. The molecule has 0 aromatic rings. The van der Waals surface area contributed by atoms with Crippen molar-refractivity contribution in [3.63, 3.8) is 0 Å². The zero-order valence-corrected chi connectivity index (χ0v) is 10.9. The highest BCUT2D eigenvalue weighted by Gasteiger charge is 2.43. The summed E-state index contributed by atoms with van der Waals surface area (Å²) in [5.74, 6) is -2.43. The first-order chi connectivity index (χ1) is 9.04. The van der Waals surface area contributed by atoms with Crippen molar-refractivity contribution in [2.45, 2.75) is 26.2 Å². The van der Waals surface area contributed by atoms with E-state index in [9.17, 15) is 14.7 Å². The number of hydrogen-bond acceptors (Lipinski definition) is 4. The third-order valence-corrected chi connectivity index (χ3v) is 3.71. The number of hydrogen-bond donors (Lipinski definition) is 1. The SMILES string of the molecule is CCC1C[C@H](C(=O)N(CC#N)CC#N)[C@H](C(=O)O)C1. The lowest BCUT2D eigenvalue weighted by Gasteiger charge is -2.22. The number of carbonyl (C=O) groups is 2. The van der Waals surface area contributed by atoms with Gasteiger partial charge < -0.3 is 10.0 Å². The fourth-order valence-electron chi connectivity index (χ4n) is 2.64. The topological polar surface area (TPSA) is 105 Å². The Morgan fingerprint density at radius 3 is 2.16 bits per heavy atom. The molecule has 102 valence electrons. The van der Waals surface area contributed by atoms with Crippen molar-refractivity contribution in [1.82, 2.24) is 4.90 Å². The van der Waals surface area contributed by atoms with Crippen molar-refractivity contribution in [3.8, 4) is 12.1 Å². The monoisotopic (exact) mass is 263 g/mol. The van der Waals surface area contributed by atoms with Gasteiger partial charge in [0.25, 0.3) is 0 Å². The van der Waals surface area contributed by atoms with E-state index < -0.39 is 17.8 Å². The van der Waals surface area contributed by atoms with Gasteiger partial charge in [-0.2, -0.15) is 10.5 Å². The predicted octanol–water partition coefficient (Wildman–Crippen LogP) is 0.999. The molecular weight excluding hydrogens is 246 g/mol. The number of carboxylic acids is 1. The lowest BCUT2D eigenvalue weighted by Crippen LogP contribution is -2.39. The largest absolute Gasteiger partial charge is 0.481 e. The van der Waals surface area contributed by atoms with Crippen molar-refractivity contribution in [2.24, 2.45) is 17.8 Å². The average molecular weight is 263 g/mol. The van der Waals surface area contributed by atoms with Gasteiger partial charge in [-0.3, -0.25) is 9.59 Å². The summed E-state index contributed by atoms with van der Waals surface area (Å²) in [6.07, 6.45) is 1.86. The molecule has 0 aromatic heterocycles. The highest BCUT2D eigenvalue weighted by molar-refractivity contribution is 5.85. The number of rotatable bonds is 5. The zero-order valence-electron chi connectivity index (χ0n) is 10.9. The Morgan fingerprint density at radius 1 is 1.21 bits per heavy atom. The molecule has 1 aliphatic rings. The van der Waals surface area contributed by atoms with Gasteiger partial charge in [0.15, 0.2) is 0 Å². The van der Waals surface area contributed by atoms with Gasteiger partial charge in [0, 0.05) is 0 Å². The van der Waals surface area contributed by atoms with Gasteiger partial charge in [0.1, 0.15) is 13.1 Å². The number of nitrogens with zero attached hydrogens (tertiary/aromatic N) is 3. The minimum absolute atomic E-state index is 0.175. The van der Waals surface area contributed by atoms with Crippen LogP contribution in [0.1, 0.15) is 26.2 Å². The van der Waals surface area contributed by atoms with Crippen molar-refractivity contribution < 1.29 is 14.7 Å². The fraction of sp³-hybridized carbons (Fsp3) is 0.692. The number of aliphatic carboxylic acids is 1. The van der Waals surface area contributed by atoms with E-state index in [4.69, 9.17) is 10.5 Å². The Kier molecular flexibility index (Phi) is 5.32. The summed E-state index contributed by atoms with van der Waals surface area (Å²) in [4.78, 5) is 24.6. The smallest absolute Gasteiger partial charge is 0.307 e. The minimum Gasteiger partial charge on any atom is -0.481 e. The molecule has 1 saturated carbocycles. The van der Waals surface area contributed by atoms with Crippen LogP contribution in [0.4, 0.5) is 0 Å². The van der Waals surface area contributed by atoms with E-state index in [0.29, 0.717) is 12.8 Å². The third-order valence-electron chi connectivity index (χ3n) is 3.71. The second-order valence-electron chi connectivity index (χ2n) is 4.81. The van der Waals surface area contributed by atoms with Crippen molar-refractivity contribution in [2.75, 3.05) is 13.1 Å². The van der Waals surface area contributed by atoms with Crippen molar-refractivity contribution in [3.05, 3.63) is 0 Å². The van der Waals surface area contributed by atoms with Crippen LogP contribution in [-0.4, -0.2) is 35.0 Å². The molecular formula is C13H17N3O3. The predicted molar refractivity (Wildman–Crippen MR) is 65.4 cm³/mol. The van der Waals surface area contributed by atoms with Crippen molar-refractivity contribution >= 4 is 11.9 Å². The molecule has 0 bridgehead atoms. The molecule has 3 atom stereocenters. The highest BCUT2D eigenvalue weighted by atomic mass is 16.4. The van der Waals surface area contributed by atoms with Gasteiger partial charge in [-0.1, -0.05) is 13.3 Å². The second-order valence-corrected chi connectivity index (χ2v) is 4.81. The quantitative estimate of drug-likeness (QED) is 0.745. The summed E-state index contributed by atoms with van der Waals surface area (Å²) in [5.41, 5.74) is 0. The molecule has 1 aliphatic carbocycles. The minimum atomic E-state index is -0.969. The molecule has 1 N–H and O–H groups in total. The molecule has 1 rings (SSSR count). The van der Waals surface area contributed by atoms with Gasteiger partial charge in [-0.15, -0.1) is 0 Å². The van der Waals surface area contributed by atoms with E-state index in [0.717, 1.165) is 11.3 Å². The molecule has 6 heteroatoms. The summed E-state index contributed by atoms with van der Waals surface area (Å²) in [5, 5.41) is 26.5. The van der Waals surface area contributed by atoms with Gasteiger partial charge in [0.05, 0.1) is 24.0 Å². The van der Waals surface area contributed by atoms with Crippen LogP contribution in [0.25, 0.3) is 0 Å². The summed E-state index contributed by atoms with van der Waals surface area (Å²) in [7, 11) is 0. The Morgan fingerprint density at radius 2 is 1.74 bits per heavy atom. The summed E-state index contributed by atoms with van der Waals surface area (Å²) >= 11 is 0. The van der Waals surface area contributed by atoms with Gasteiger partial charge in [0.2, 0.25) is 5.91 Å². The number of nitriles is 2. The first kappa shape index (κ1) is 15.0. The van der Waals surface area contributed by atoms with Gasteiger partial charge >= 0.3 is 5.97 Å². The molecule has 0 heterocycles.